The normalized spacial score (nSPS) is 12.5. The monoisotopic (exact) mass is 251 g/mol. The third kappa shape index (κ3) is 2.24. The second kappa shape index (κ2) is 4.82. The quantitative estimate of drug-likeness (QED) is 0.869. The summed E-state index contributed by atoms with van der Waals surface area (Å²) in [5.41, 5.74) is 7.14. The standard InChI is InChI=1S/C14H12F3N/c1-8-7-9(15)5-6-10(8)14(18)11-3-2-4-12(16)13(11)17/h2-7,14H,18H2,1H3. The molecule has 2 N–H and O–H groups in total. The summed E-state index contributed by atoms with van der Waals surface area (Å²) in [6, 6.07) is 7.08. The Kier molecular flexibility index (Phi) is 3.39. The maximum absolute atomic E-state index is 13.6. The number of rotatable bonds is 2. The predicted molar refractivity (Wildman–Crippen MR) is 63.5 cm³/mol. The van der Waals surface area contributed by atoms with Gasteiger partial charge in [-0.3, -0.25) is 0 Å². The van der Waals surface area contributed by atoms with E-state index in [1.165, 1.54) is 30.3 Å². The molecule has 0 bridgehead atoms. The van der Waals surface area contributed by atoms with E-state index in [4.69, 9.17) is 5.73 Å². The van der Waals surface area contributed by atoms with E-state index in [-0.39, 0.29) is 11.4 Å². The molecule has 4 heteroatoms. The van der Waals surface area contributed by atoms with E-state index in [2.05, 4.69) is 0 Å². The lowest BCUT2D eigenvalue weighted by atomic mass is 9.95. The fourth-order valence-electron chi connectivity index (χ4n) is 1.92. The number of aryl methyl sites for hydroxylation is 1. The van der Waals surface area contributed by atoms with Crippen LogP contribution in [0.25, 0.3) is 0 Å². The largest absolute Gasteiger partial charge is 0.320 e. The fourth-order valence-corrected chi connectivity index (χ4v) is 1.92. The number of hydrogen-bond donors (Lipinski definition) is 1. The van der Waals surface area contributed by atoms with E-state index >= 15 is 0 Å². The van der Waals surface area contributed by atoms with Gasteiger partial charge in [-0.2, -0.15) is 0 Å². The van der Waals surface area contributed by atoms with E-state index < -0.39 is 17.7 Å². The van der Waals surface area contributed by atoms with Gasteiger partial charge >= 0.3 is 0 Å². The van der Waals surface area contributed by atoms with Gasteiger partial charge in [0.2, 0.25) is 0 Å². The highest BCUT2D eigenvalue weighted by Crippen LogP contribution is 2.26. The molecular formula is C14H12F3N. The highest BCUT2D eigenvalue weighted by atomic mass is 19.2. The molecule has 18 heavy (non-hydrogen) atoms. The second-order valence-corrected chi connectivity index (χ2v) is 4.12. The topological polar surface area (TPSA) is 26.0 Å². The Morgan fingerprint density at radius 3 is 2.39 bits per heavy atom. The minimum Gasteiger partial charge on any atom is -0.320 e. The van der Waals surface area contributed by atoms with Crippen LogP contribution >= 0.6 is 0 Å². The first kappa shape index (κ1) is 12.6. The van der Waals surface area contributed by atoms with Gasteiger partial charge in [0.15, 0.2) is 11.6 Å². The Labute approximate surface area is 103 Å². The molecule has 2 aromatic carbocycles. The van der Waals surface area contributed by atoms with Crippen LogP contribution in [0, 0.1) is 24.4 Å². The summed E-state index contributed by atoms with van der Waals surface area (Å²) in [5, 5.41) is 0. The molecule has 1 nitrogen and oxygen atoms in total. The van der Waals surface area contributed by atoms with Crippen molar-refractivity contribution < 1.29 is 13.2 Å². The molecule has 2 rings (SSSR count). The summed E-state index contributed by atoms with van der Waals surface area (Å²) in [6.45, 7) is 1.68. The molecule has 0 saturated carbocycles. The molecule has 0 fully saturated rings. The Morgan fingerprint density at radius 1 is 1.00 bits per heavy atom. The molecule has 0 heterocycles. The SMILES string of the molecule is Cc1cc(F)ccc1C(N)c1cccc(F)c1F. The lowest BCUT2D eigenvalue weighted by Gasteiger charge is -2.16. The maximum atomic E-state index is 13.6. The van der Waals surface area contributed by atoms with Crippen molar-refractivity contribution in [2.45, 2.75) is 13.0 Å². The zero-order valence-electron chi connectivity index (χ0n) is 9.75. The summed E-state index contributed by atoms with van der Waals surface area (Å²) in [7, 11) is 0. The van der Waals surface area contributed by atoms with Crippen LogP contribution in [0.3, 0.4) is 0 Å². The zero-order chi connectivity index (χ0) is 13.3. The molecule has 94 valence electrons. The van der Waals surface area contributed by atoms with Crippen LogP contribution in [0.5, 0.6) is 0 Å². The number of benzene rings is 2. The second-order valence-electron chi connectivity index (χ2n) is 4.12. The van der Waals surface area contributed by atoms with Gasteiger partial charge < -0.3 is 5.73 Å². The number of hydrogen-bond acceptors (Lipinski definition) is 1. The molecule has 2 aromatic rings. The van der Waals surface area contributed by atoms with Crippen molar-refractivity contribution >= 4 is 0 Å². The third-order valence-electron chi connectivity index (χ3n) is 2.88. The molecular weight excluding hydrogens is 239 g/mol. The van der Waals surface area contributed by atoms with E-state index in [0.717, 1.165) is 6.07 Å². The van der Waals surface area contributed by atoms with E-state index in [0.29, 0.717) is 11.1 Å². The first-order chi connectivity index (χ1) is 8.50. The first-order valence-corrected chi connectivity index (χ1v) is 5.46. The van der Waals surface area contributed by atoms with Crippen molar-refractivity contribution in [1.29, 1.82) is 0 Å². The van der Waals surface area contributed by atoms with Crippen molar-refractivity contribution in [3.63, 3.8) is 0 Å². The molecule has 1 atom stereocenters. The average Bonchev–Trinajstić information content (AvgIpc) is 2.32. The molecule has 0 aliphatic heterocycles. The highest BCUT2D eigenvalue weighted by molar-refractivity contribution is 5.37. The number of nitrogens with two attached hydrogens (primary N) is 1. The van der Waals surface area contributed by atoms with Crippen LogP contribution in [-0.4, -0.2) is 0 Å². The smallest absolute Gasteiger partial charge is 0.163 e. The zero-order valence-corrected chi connectivity index (χ0v) is 9.75. The van der Waals surface area contributed by atoms with Crippen molar-refractivity contribution in [3.05, 3.63) is 70.5 Å². The van der Waals surface area contributed by atoms with E-state index in [9.17, 15) is 13.2 Å². The minimum atomic E-state index is -0.964. The van der Waals surface area contributed by atoms with Crippen molar-refractivity contribution in [2.75, 3.05) is 0 Å². The third-order valence-corrected chi connectivity index (χ3v) is 2.88. The molecule has 0 saturated heterocycles. The van der Waals surface area contributed by atoms with Gasteiger partial charge in [-0.25, -0.2) is 13.2 Å². The Balaban J connectivity index is 2.48. The van der Waals surface area contributed by atoms with Crippen LogP contribution in [0.1, 0.15) is 22.7 Å². The fraction of sp³-hybridized carbons (Fsp3) is 0.143. The van der Waals surface area contributed by atoms with Gasteiger partial charge in [-0.1, -0.05) is 18.2 Å². The average molecular weight is 251 g/mol. The molecule has 0 aliphatic rings. The Hall–Kier alpha value is -1.81. The minimum absolute atomic E-state index is 0.0599. The summed E-state index contributed by atoms with van der Waals surface area (Å²) >= 11 is 0. The molecule has 0 aliphatic carbocycles. The highest BCUT2D eigenvalue weighted by Gasteiger charge is 2.17. The van der Waals surface area contributed by atoms with Crippen LogP contribution < -0.4 is 5.73 Å². The lowest BCUT2D eigenvalue weighted by Crippen LogP contribution is -2.15. The van der Waals surface area contributed by atoms with E-state index in [1.807, 2.05) is 0 Å². The molecule has 0 aromatic heterocycles. The summed E-state index contributed by atoms with van der Waals surface area (Å²) in [6.07, 6.45) is 0. The van der Waals surface area contributed by atoms with Crippen LogP contribution in [-0.2, 0) is 0 Å². The number of halogens is 3. The van der Waals surface area contributed by atoms with Crippen molar-refractivity contribution in [1.82, 2.24) is 0 Å². The van der Waals surface area contributed by atoms with E-state index in [1.54, 1.807) is 6.92 Å². The van der Waals surface area contributed by atoms with Gasteiger partial charge in [0, 0.05) is 5.56 Å². The lowest BCUT2D eigenvalue weighted by molar-refractivity contribution is 0.494. The molecule has 0 radical (unpaired) electrons. The Morgan fingerprint density at radius 2 is 1.72 bits per heavy atom. The van der Waals surface area contributed by atoms with Crippen LogP contribution in [0.15, 0.2) is 36.4 Å². The van der Waals surface area contributed by atoms with Crippen LogP contribution in [0.4, 0.5) is 13.2 Å². The van der Waals surface area contributed by atoms with Crippen molar-refractivity contribution in [3.8, 4) is 0 Å². The molecule has 0 spiro atoms. The van der Waals surface area contributed by atoms with Crippen LogP contribution in [0.2, 0.25) is 0 Å². The summed E-state index contributed by atoms with van der Waals surface area (Å²) in [4.78, 5) is 0. The van der Waals surface area contributed by atoms with Gasteiger partial charge in [-0.15, -0.1) is 0 Å². The van der Waals surface area contributed by atoms with Gasteiger partial charge in [-0.05, 0) is 36.2 Å². The predicted octanol–water partition coefficient (Wildman–Crippen LogP) is 3.46. The summed E-state index contributed by atoms with van der Waals surface area (Å²) < 4.78 is 39.7. The van der Waals surface area contributed by atoms with Crippen molar-refractivity contribution in [2.24, 2.45) is 5.73 Å². The van der Waals surface area contributed by atoms with Gasteiger partial charge in [0.1, 0.15) is 5.82 Å². The first-order valence-electron chi connectivity index (χ1n) is 5.46. The molecule has 0 amide bonds. The summed E-state index contributed by atoms with van der Waals surface area (Å²) in [5.74, 6) is -2.29. The van der Waals surface area contributed by atoms with Gasteiger partial charge in [0.05, 0.1) is 6.04 Å². The Bertz CT molecular complexity index is 581. The van der Waals surface area contributed by atoms with Gasteiger partial charge in [0.25, 0.3) is 0 Å². The maximum Gasteiger partial charge on any atom is 0.163 e. The molecule has 1 unspecified atom stereocenters.